The molecule has 1 N–H and O–H groups in total. The molecular weight excluding hydrogens is 174 g/mol. The molecule has 0 unspecified atom stereocenters. The molecule has 1 heterocycles. The molecule has 1 rings (SSSR count). The highest BCUT2D eigenvalue weighted by Gasteiger charge is 2.05. The SMILES string of the molecule is CC.CCc1ccc(Cl)[n+](O)c1. The van der Waals surface area contributed by atoms with Gasteiger partial charge in [0.15, 0.2) is 0 Å². The van der Waals surface area contributed by atoms with Crippen molar-refractivity contribution in [2.24, 2.45) is 0 Å². The van der Waals surface area contributed by atoms with Crippen LogP contribution in [0.5, 0.6) is 0 Å². The van der Waals surface area contributed by atoms with Crippen molar-refractivity contribution < 1.29 is 9.94 Å². The summed E-state index contributed by atoms with van der Waals surface area (Å²) in [5.74, 6) is 0. The molecule has 1 aromatic rings. The second-order valence-corrected chi connectivity index (χ2v) is 2.45. The van der Waals surface area contributed by atoms with Gasteiger partial charge in [0.05, 0.1) is 0 Å². The first-order chi connectivity index (χ1) is 5.74. The van der Waals surface area contributed by atoms with Gasteiger partial charge in [-0.2, -0.15) is 0 Å². The molecule has 0 atom stereocenters. The molecule has 0 saturated carbocycles. The fraction of sp³-hybridized carbons (Fsp3) is 0.444. The van der Waals surface area contributed by atoms with Crippen LogP contribution < -0.4 is 4.73 Å². The number of nitrogens with zero attached hydrogens (tertiary/aromatic N) is 1. The molecule has 68 valence electrons. The van der Waals surface area contributed by atoms with E-state index in [1.54, 1.807) is 12.3 Å². The van der Waals surface area contributed by atoms with Gasteiger partial charge in [-0.3, -0.25) is 5.21 Å². The van der Waals surface area contributed by atoms with Gasteiger partial charge in [0.25, 0.3) is 0 Å². The summed E-state index contributed by atoms with van der Waals surface area (Å²) >= 11 is 5.55. The summed E-state index contributed by atoms with van der Waals surface area (Å²) < 4.78 is 0.917. The molecule has 0 radical (unpaired) electrons. The van der Waals surface area contributed by atoms with E-state index in [1.165, 1.54) is 0 Å². The highest BCUT2D eigenvalue weighted by Crippen LogP contribution is 2.02. The predicted molar refractivity (Wildman–Crippen MR) is 49.6 cm³/mol. The van der Waals surface area contributed by atoms with Crippen molar-refractivity contribution in [2.75, 3.05) is 0 Å². The van der Waals surface area contributed by atoms with Gasteiger partial charge in [-0.1, -0.05) is 20.8 Å². The lowest BCUT2D eigenvalue weighted by molar-refractivity contribution is -0.903. The van der Waals surface area contributed by atoms with E-state index >= 15 is 0 Å². The van der Waals surface area contributed by atoms with Crippen LogP contribution in [0.3, 0.4) is 0 Å². The van der Waals surface area contributed by atoms with Gasteiger partial charge in [-0.15, -0.1) is 0 Å². The van der Waals surface area contributed by atoms with E-state index in [4.69, 9.17) is 16.8 Å². The van der Waals surface area contributed by atoms with E-state index in [-0.39, 0.29) is 0 Å². The Bertz CT molecular complexity index is 238. The lowest BCUT2D eigenvalue weighted by Crippen LogP contribution is -2.31. The van der Waals surface area contributed by atoms with E-state index in [9.17, 15) is 0 Å². The molecule has 0 aliphatic heterocycles. The molecule has 3 heteroatoms. The van der Waals surface area contributed by atoms with Crippen LogP contribution >= 0.6 is 11.6 Å². The van der Waals surface area contributed by atoms with Crippen LogP contribution in [0.15, 0.2) is 18.3 Å². The summed E-state index contributed by atoms with van der Waals surface area (Å²) in [7, 11) is 0. The normalized spacial score (nSPS) is 8.67. The van der Waals surface area contributed by atoms with E-state index in [0.29, 0.717) is 5.15 Å². The van der Waals surface area contributed by atoms with Crippen LogP contribution in [0.4, 0.5) is 0 Å². The van der Waals surface area contributed by atoms with Gasteiger partial charge in [-0.25, -0.2) is 0 Å². The minimum atomic E-state index is 0.331. The zero-order valence-electron chi connectivity index (χ0n) is 7.71. The fourth-order valence-corrected chi connectivity index (χ4v) is 0.835. The number of hydrogen-bond acceptors (Lipinski definition) is 1. The average Bonchev–Trinajstić information content (AvgIpc) is 2.13. The van der Waals surface area contributed by atoms with Crippen LogP contribution in [-0.2, 0) is 6.42 Å². The molecule has 0 fully saturated rings. The topological polar surface area (TPSA) is 24.1 Å². The molecule has 0 bridgehead atoms. The Labute approximate surface area is 78.4 Å². The molecule has 0 aromatic carbocycles. The van der Waals surface area contributed by atoms with E-state index in [0.717, 1.165) is 16.7 Å². The Morgan fingerprint density at radius 2 is 2.00 bits per heavy atom. The Balaban J connectivity index is 0.000000561. The molecule has 12 heavy (non-hydrogen) atoms. The molecular formula is C9H15ClNO+. The predicted octanol–water partition coefficient (Wildman–Crippen LogP) is 2.45. The third-order valence-corrected chi connectivity index (χ3v) is 1.65. The maximum atomic E-state index is 9.02. The first-order valence-electron chi connectivity index (χ1n) is 4.13. The Morgan fingerprint density at radius 3 is 2.42 bits per heavy atom. The number of aromatic nitrogens is 1. The monoisotopic (exact) mass is 188 g/mol. The van der Waals surface area contributed by atoms with Gasteiger partial charge in [0.1, 0.15) is 0 Å². The van der Waals surface area contributed by atoms with Crippen molar-refractivity contribution in [3.8, 4) is 0 Å². The largest absolute Gasteiger partial charge is 0.325 e. The first kappa shape index (κ1) is 11.2. The maximum Gasteiger partial charge on any atom is 0.325 e. The third-order valence-electron chi connectivity index (χ3n) is 1.35. The van der Waals surface area contributed by atoms with Gasteiger partial charge in [0, 0.05) is 16.4 Å². The van der Waals surface area contributed by atoms with Crippen molar-refractivity contribution in [3.63, 3.8) is 0 Å². The summed E-state index contributed by atoms with van der Waals surface area (Å²) in [5, 5.41) is 9.35. The van der Waals surface area contributed by atoms with Crippen molar-refractivity contribution in [1.82, 2.24) is 0 Å². The molecule has 0 spiro atoms. The van der Waals surface area contributed by atoms with E-state index in [1.807, 2.05) is 26.8 Å². The van der Waals surface area contributed by atoms with Crippen LogP contribution in [0.25, 0.3) is 0 Å². The smallest absolute Gasteiger partial charge is 0.284 e. The molecule has 0 amide bonds. The Morgan fingerprint density at radius 1 is 1.42 bits per heavy atom. The molecule has 1 aromatic heterocycles. The van der Waals surface area contributed by atoms with Crippen molar-refractivity contribution in [2.45, 2.75) is 27.2 Å². The number of rotatable bonds is 1. The quantitative estimate of drug-likeness (QED) is 0.409. The van der Waals surface area contributed by atoms with Gasteiger partial charge in [0.2, 0.25) is 6.20 Å². The lowest BCUT2D eigenvalue weighted by Gasteiger charge is -1.90. The highest BCUT2D eigenvalue weighted by atomic mass is 35.5. The van der Waals surface area contributed by atoms with Crippen LogP contribution in [-0.4, -0.2) is 5.21 Å². The standard InChI is InChI=1S/C7H9ClNO.C2H6/c1-2-6-3-4-7(8)9(10)5-6;1-2/h3-5,10H,2H2,1H3;1-2H3/q+1;. The van der Waals surface area contributed by atoms with Crippen LogP contribution in [0, 0.1) is 0 Å². The van der Waals surface area contributed by atoms with Gasteiger partial charge in [-0.05, 0) is 24.1 Å². The lowest BCUT2D eigenvalue weighted by atomic mass is 10.2. The molecule has 0 saturated heterocycles. The van der Waals surface area contributed by atoms with Crippen LogP contribution in [0.1, 0.15) is 26.3 Å². The summed E-state index contributed by atoms with van der Waals surface area (Å²) in [4.78, 5) is 0. The molecule has 0 aliphatic carbocycles. The Kier molecular flexibility index (Phi) is 5.47. The summed E-state index contributed by atoms with van der Waals surface area (Å²) in [6, 6.07) is 3.55. The molecule has 0 aliphatic rings. The summed E-state index contributed by atoms with van der Waals surface area (Å²) in [5.41, 5.74) is 1.06. The van der Waals surface area contributed by atoms with E-state index < -0.39 is 0 Å². The zero-order chi connectivity index (χ0) is 9.56. The number of aryl methyl sites for hydroxylation is 1. The third kappa shape index (κ3) is 3.09. The van der Waals surface area contributed by atoms with Crippen LogP contribution in [0.2, 0.25) is 5.15 Å². The maximum absolute atomic E-state index is 9.02. The zero-order valence-corrected chi connectivity index (χ0v) is 8.47. The second kappa shape index (κ2) is 5.84. The first-order valence-corrected chi connectivity index (χ1v) is 4.51. The van der Waals surface area contributed by atoms with Gasteiger partial charge < -0.3 is 0 Å². The minimum absolute atomic E-state index is 0.331. The minimum Gasteiger partial charge on any atom is -0.284 e. The Hall–Kier alpha value is -0.760. The van der Waals surface area contributed by atoms with Crippen molar-refractivity contribution in [3.05, 3.63) is 29.0 Å². The van der Waals surface area contributed by atoms with Gasteiger partial charge >= 0.3 is 5.15 Å². The number of hydrogen-bond donors (Lipinski definition) is 1. The average molecular weight is 189 g/mol. The van der Waals surface area contributed by atoms with E-state index in [2.05, 4.69) is 0 Å². The van der Waals surface area contributed by atoms with Crippen molar-refractivity contribution in [1.29, 1.82) is 0 Å². The summed E-state index contributed by atoms with van der Waals surface area (Å²) in [6.45, 7) is 6.02. The molecule has 2 nitrogen and oxygen atoms in total. The summed E-state index contributed by atoms with van der Waals surface area (Å²) in [6.07, 6.45) is 2.50. The number of halogens is 1. The highest BCUT2D eigenvalue weighted by molar-refractivity contribution is 6.28. The number of pyridine rings is 1. The fourth-order valence-electron chi connectivity index (χ4n) is 0.723. The van der Waals surface area contributed by atoms with Crippen molar-refractivity contribution >= 4 is 11.6 Å². The second-order valence-electron chi connectivity index (χ2n) is 2.06.